The van der Waals surface area contributed by atoms with Gasteiger partial charge in [0.2, 0.25) is 0 Å². The quantitative estimate of drug-likeness (QED) is 0.674. The maximum absolute atomic E-state index is 11.7. The van der Waals surface area contributed by atoms with Gasteiger partial charge in [-0.3, -0.25) is 4.98 Å². The van der Waals surface area contributed by atoms with Crippen LogP contribution in [0, 0.1) is 6.92 Å². The summed E-state index contributed by atoms with van der Waals surface area (Å²) in [5, 5.41) is 0. The Morgan fingerprint density at radius 3 is 1.76 bits per heavy atom. The zero-order valence-electron chi connectivity index (χ0n) is 9.28. The first kappa shape index (κ1) is 13.2. The molecule has 0 saturated heterocycles. The number of aryl methyl sites for hydroxylation is 1. The monoisotopic (exact) mass is 239 g/mol. The Balaban J connectivity index is 0.000000181. The Bertz CT molecular complexity index is 423. The molecule has 4 heteroatoms. The van der Waals surface area contributed by atoms with Crippen molar-refractivity contribution < 1.29 is 13.2 Å². The van der Waals surface area contributed by atoms with Crippen molar-refractivity contribution in [3.8, 4) is 0 Å². The summed E-state index contributed by atoms with van der Waals surface area (Å²) in [6.45, 7) is 2.08. The fourth-order valence-electron chi connectivity index (χ4n) is 1.06. The Morgan fingerprint density at radius 2 is 1.47 bits per heavy atom. The highest BCUT2D eigenvalue weighted by Gasteiger charge is 2.31. The molecule has 1 nitrogen and oxygen atoms in total. The van der Waals surface area contributed by atoms with Crippen molar-refractivity contribution in [3.05, 3.63) is 66.0 Å². The zero-order valence-corrected chi connectivity index (χ0v) is 9.28. The summed E-state index contributed by atoms with van der Waals surface area (Å²) >= 11 is 0. The summed E-state index contributed by atoms with van der Waals surface area (Å²) < 4.78 is 35.2. The number of hydrogen-bond acceptors (Lipinski definition) is 1. The van der Waals surface area contributed by atoms with Crippen molar-refractivity contribution in [2.45, 2.75) is 13.1 Å². The van der Waals surface area contributed by atoms with Gasteiger partial charge in [0.1, 0.15) is 5.69 Å². The van der Waals surface area contributed by atoms with E-state index in [9.17, 15) is 13.2 Å². The predicted octanol–water partition coefficient (Wildman–Crippen LogP) is 4.10. The number of aromatic nitrogens is 1. The number of rotatable bonds is 0. The van der Waals surface area contributed by atoms with Crippen LogP contribution in [0.5, 0.6) is 0 Å². The lowest BCUT2D eigenvalue weighted by Crippen LogP contribution is -2.06. The van der Waals surface area contributed by atoms with Gasteiger partial charge in [-0.25, -0.2) is 0 Å². The minimum atomic E-state index is -4.32. The maximum atomic E-state index is 11.7. The van der Waals surface area contributed by atoms with E-state index in [1.165, 1.54) is 17.7 Å². The number of nitrogens with zero attached hydrogens (tertiary/aromatic N) is 1. The second-order valence-corrected chi connectivity index (χ2v) is 3.37. The fraction of sp³-hybridized carbons (Fsp3) is 0.154. The van der Waals surface area contributed by atoms with E-state index in [0.717, 1.165) is 12.3 Å². The largest absolute Gasteiger partial charge is 0.433 e. The Hall–Kier alpha value is -1.84. The minimum Gasteiger partial charge on any atom is -0.252 e. The van der Waals surface area contributed by atoms with Crippen LogP contribution >= 0.6 is 0 Å². The molecule has 2 aromatic rings. The normalized spacial score (nSPS) is 10.4. The predicted molar refractivity (Wildman–Crippen MR) is 60.4 cm³/mol. The van der Waals surface area contributed by atoms with E-state index in [4.69, 9.17) is 0 Å². The van der Waals surface area contributed by atoms with Crippen LogP contribution in [0.25, 0.3) is 0 Å². The second-order valence-electron chi connectivity index (χ2n) is 3.37. The molecule has 0 amide bonds. The van der Waals surface area contributed by atoms with Gasteiger partial charge in [-0.15, -0.1) is 0 Å². The molecule has 2 rings (SSSR count). The van der Waals surface area contributed by atoms with Crippen molar-refractivity contribution in [2.75, 3.05) is 0 Å². The maximum Gasteiger partial charge on any atom is 0.433 e. The van der Waals surface area contributed by atoms with Crippen LogP contribution < -0.4 is 0 Å². The van der Waals surface area contributed by atoms with Gasteiger partial charge in [0.25, 0.3) is 0 Å². The second kappa shape index (κ2) is 6.03. The molecule has 1 aromatic heterocycles. The lowest BCUT2D eigenvalue weighted by Gasteiger charge is -2.02. The first-order valence-electron chi connectivity index (χ1n) is 5.00. The number of pyridine rings is 1. The average Bonchev–Trinajstić information content (AvgIpc) is 2.31. The standard InChI is InChI=1S/C7H8.C6H4F3N/c1-7-5-3-2-4-6-7;7-6(8,9)5-3-1-2-4-10-5/h2-6H,1H3;1-4H. The van der Waals surface area contributed by atoms with Crippen molar-refractivity contribution >= 4 is 0 Å². The van der Waals surface area contributed by atoms with Crippen LogP contribution in [0.3, 0.4) is 0 Å². The number of benzene rings is 1. The van der Waals surface area contributed by atoms with Crippen LogP contribution in [0.2, 0.25) is 0 Å². The molecular formula is C13H12F3N. The topological polar surface area (TPSA) is 12.9 Å². The van der Waals surface area contributed by atoms with E-state index < -0.39 is 11.9 Å². The molecule has 0 N–H and O–H groups in total. The molecule has 0 unspecified atom stereocenters. The van der Waals surface area contributed by atoms with E-state index in [2.05, 4.69) is 24.0 Å². The first-order valence-corrected chi connectivity index (χ1v) is 5.00. The molecule has 0 radical (unpaired) electrons. The highest BCUT2D eigenvalue weighted by molar-refractivity contribution is 5.11. The van der Waals surface area contributed by atoms with Crippen LogP contribution in [-0.4, -0.2) is 4.98 Å². The summed E-state index contributed by atoms with van der Waals surface area (Å²) in [7, 11) is 0. The third-order valence-electron chi connectivity index (χ3n) is 1.90. The minimum absolute atomic E-state index is 0.852. The van der Waals surface area contributed by atoms with E-state index in [-0.39, 0.29) is 0 Å². The van der Waals surface area contributed by atoms with Gasteiger partial charge in [0.05, 0.1) is 0 Å². The van der Waals surface area contributed by atoms with E-state index in [1.54, 1.807) is 0 Å². The molecule has 17 heavy (non-hydrogen) atoms. The fourth-order valence-corrected chi connectivity index (χ4v) is 1.06. The summed E-state index contributed by atoms with van der Waals surface area (Å²) in [6, 6.07) is 13.9. The van der Waals surface area contributed by atoms with Gasteiger partial charge < -0.3 is 0 Å². The first-order chi connectivity index (χ1) is 8.00. The highest BCUT2D eigenvalue weighted by Crippen LogP contribution is 2.26. The van der Waals surface area contributed by atoms with Gasteiger partial charge in [-0.2, -0.15) is 13.2 Å². The molecule has 0 saturated carbocycles. The lowest BCUT2D eigenvalue weighted by molar-refractivity contribution is -0.141. The highest BCUT2D eigenvalue weighted by atomic mass is 19.4. The van der Waals surface area contributed by atoms with Gasteiger partial charge >= 0.3 is 6.18 Å². The molecule has 0 spiro atoms. The van der Waals surface area contributed by atoms with Crippen LogP contribution in [-0.2, 0) is 6.18 Å². The van der Waals surface area contributed by atoms with Crippen molar-refractivity contribution in [1.82, 2.24) is 4.98 Å². The molecule has 0 atom stereocenters. The molecule has 1 aromatic carbocycles. The molecule has 0 aliphatic heterocycles. The summed E-state index contributed by atoms with van der Waals surface area (Å²) in [4.78, 5) is 3.12. The third kappa shape index (κ3) is 5.15. The third-order valence-corrected chi connectivity index (χ3v) is 1.90. The Morgan fingerprint density at radius 1 is 0.882 bits per heavy atom. The number of halogens is 3. The smallest absolute Gasteiger partial charge is 0.252 e. The van der Waals surface area contributed by atoms with E-state index >= 15 is 0 Å². The molecule has 1 heterocycles. The SMILES string of the molecule is Cc1ccccc1.FC(F)(F)c1ccccn1. The van der Waals surface area contributed by atoms with Crippen LogP contribution in [0.15, 0.2) is 54.7 Å². The van der Waals surface area contributed by atoms with Gasteiger partial charge in [0, 0.05) is 6.20 Å². The van der Waals surface area contributed by atoms with Gasteiger partial charge in [0.15, 0.2) is 0 Å². The van der Waals surface area contributed by atoms with Crippen LogP contribution in [0.1, 0.15) is 11.3 Å². The van der Waals surface area contributed by atoms with Gasteiger partial charge in [-0.05, 0) is 19.1 Å². The molecule has 0 aliphatic carbocycles. The molecular weight excluding hydrogens is 227 g/mol. The average molecular weight is 239 g/mol. The summed E-state index contributed by atoms with van der Waals surface area (Å²) in [5.41, 5.74) is 0.470. The lowest BCUT2D eigenvalue weighted by atomic mass is 10.2. The molecule has 0 bridgehead atoms. The van der Waals surface area contributed by atoms with Crippen LogP contribution in [0.4, 0.5) is 13.2 Å². The Labute approximate surface area is 97.9 Å². The van der Waals surface area contributed by atoms with Crippen molar-refractivity contribution in [1.29, 1.82) is 0 Å². The van der Waals surface area contributed by atoms with Crippen molar-refractivity contribution in [2.24, 2.45) is 0 Å². The molecule has 0 aliphatic rings. The molecule has 0 fully saturated rings. The zero-order chi connectivity index (χ0) is 12.7. The van der Waals surface area contributed by atoms with E-state index in [1.807, 2.05) is 18.2 Å². The molecule has 90 valence electrons. The number of alkyl halides is 3. The van der Waals surface area contributed by atoms with E-state index in [0.29, 0.717) is 0 Å². The number of hydrogen-bond donors (Lipinski definition) is 0. The Kier molecular flexibility index (Phi) is 4.69. The van der Waals surface area contributed by atoms with Crippen molar-refractivity contribution in [3.63, 3.8) is 0 Å². The van der Waals surface area contributed by atoms with Gasteiger partial charge in [-0.1, -0.05) is 42.0 Å². The summed E-state index contributed by atoms with van der Waals surface area (Å²) in [5.74, 6) is 0. The summed E-state index contributed by atoms with van der Waals surface area (Å²) in [6.07, 6.45) is -3.20.